The zero-order valence-electron chi connectivity index (χ0n) is 10.8. The van der Waals surface area contributed by atoms with Crippen molar-refractivity contribution >= 4 is 28.9 Å². The topological polar surface area (TPSA) is 76.3 Å². The minimum atomic E-state index is -0.626. The second-order valence-corrected chi connectivity index (χ2v) is 5.00. The Balaban J connectivity index is 2.04. The molecule has 2 heterocycles. The van der Waals surface area contributed by atoms with Gasteiger partial charge in [0.1, 0.15) is 16.9 Å². The van der Waals surface area contributed by atoms with E-state index < -0.39 is 10.8 Å². The summed E-state index contributed by atoms with van der Waals surface area (Å²) in [7, 11) is 0. The number of halogens is 1. The molecule has 1 amide bonds. The molecular weight excluding hydrogens is 294 g/mol. The monoisotopic (exact) mass is 303 g/mol. The van der Waals surface area contributed by atoms with E-state index in [1.165, 1.54) is 11.0 Å². The molecule has 0 bridgehead atoms. The molecule has 1 aliphatic heterocycles. The normalized spacial score (nSPS) is 13.1. The number of para-hydroxylation sites is 1. The molecule has 0 N–H and O–H groups in total. The maximum Gasteiger partial charge on any atom is 0.300 e. The van der Waals surface area contributed by atoms with Crippen LogP contribution in [0.5, 0.6) is 0 Å². The number of aromatic nitrogens is 1. The highest BCUT2D eigenvalue weighted by atomic mass is 35.5. The maximum atomic E-state index is 12.6. The van der Waals surface area contributed by atoms with E-state index in [2.05, 4.69) is 4.98 Å². The summed E-state index contributed by atoms with van der Waals surface area (Å²) in [6.07, 6.45) is 1.74. The van der Waals surface area contributed by atoms with E-state index in [9.17, 15) is 14.9 Å². The van der Waals surface area contributed by atoms with Crippen LogP contribution in [0.3, 0.4) is 0 Å². The summed E-state index contributed by atoms with van der Waals surface area (Å²) in [5, 5.41) is 11.1. The minimum Gasteiger partial charge on any atom is -0.308 e. The van der Waals surface area contributed by atoms with Gasteiger partial charge in [0.15, 0.2) is 0 Å². The third kappa shape index (κ3) is 2.34. The van der Waals surface area contributed by atoms with Crippen LogP contribution in [-0.4, -0.2) is 22.4 Å². The Morgan fingerprint density at radius 2 is 2.14 bits per heavy atom. The standard InChI is InChI=1S/C14H10ClN3O3/c15-13-7-10(12(8-16-13)18(20)21)14(19)17-6-5-9-3-1-2-4-11(9)17/h1-4,7-8H,5-6H2. The summed E-state index contributed by atoms with van der Waals surface area (Å²) >= 11 is 5.77. The number of fused-ring (bicyclic) bond motifs is 1. The lowest BCUT2D eigenvalue weighted by atomic mass is 10.1. The Labute approximate surface area is 125 Å². The number of carbonyl (C=O) groups is 1. The summed E-state index contributed by atoms with van der Waals surface area (Å²) in [5.74, 6) is -0.434. The molecule has 21 heavy (non-hydrogen) atoms. The molecule has 6 nitrogen and oxygen atoms in total. The van der Waals surface area contributed by atoms with Gasteiger partial charge >= 0.3 is 0 Å². The van der Waals surface area contributed by atoms with E-state index in [1.54, 1.807) is 0 Å². The second kappa shape index (κ2) is 5.14. The molecule has 0 saturated heterocycles. The number of rotatable bonds is 2. The molecule has 3 rings (SSSR count). The zero-order valence-corrected chi connectivity index (χ0v) is 11.6. The van der Waals surface area contributed by atoms with E-state index >= 15 is 0 Å². The Hall–Kier alpha value is -2.47. The third-order valence-electron chi connectivity index (χ3n) is 3.41. The van der Waals surface area contributed by atoms with Gasteiger partial charge in [0.2, 0.25) is 0 Å². The van der Waals surface area contributed by atoms with Crippen molar-refractivity contribution in [3.63, 3.8) is 0 Å². The van der Waals surface area contributed by atoms with Crippen LogP contribution in [0.15, 0.2) is 36.5 Å². The SMILES string of the molecule is O=C(c1cc(Cl)ncc1[N+](=O)[O-])N1CCc2ccccc21. The number of carbonyl (C=O) groups excluding carboxylic acids is 1. The number of amides is 1. The summed E-state index contributed by atoms with van der Waals surface area (Å²) in [6.45, 7) is 0.495. The van der Waals surface area contributed by atoms with Gasteiger partial charge in [0, 0.05) is 12.2 Å². The molecule has 0 fully saturated rings. The first-order chi connectivity index (χ1) is 10.1. The first kappa shape index (κ1) is 13.5. The van der Waals surface area contributed by atoms with Gasteiger partial charge in [0.05, 0.1) is 4.92 Å². The summed E-state index contributed by atoms with van der Waals surface area (Å²) < 4.78 is 0. The lowest BCUT2D eigenvalue weighted by Gasteiger charge is -2.17. The summed E-state index contributed by atoms with van der Waals surface area (Å²) in [6, 6.07) is 8.74. The fraction of sp³-hybridized carbons (Fsp3) is 0.143. The number of nitro groups is 1. The van der Waals surface area contributed by atoms with Crippen LogP contribution >= 0.6 is 11.6 Å². The van der Waals surface area contributed by atoms with Gasteiger partial charge in [0.25, 0.3) is 11.6 Å². The highest BCUT2D eigenvalue weighted by molar-refractivity contribution is 6.30. The van der Waals surface area contributed by atoms with Crippen LogP contribution in [-0.2, 0) is 6.42 Å². The molecule has 1 aromatic heterocycles. The quantitative estimate of drug-likeness (QED) is 0.485. The number of pyridine rings is 1. The summed E-state index contributed by atoms with van der Waals surface area (Å²) in [5.41, 5.74) is 1.45. The molecule has 7 heteroatoms. The number of anilines is 1. The van der Waals surface area contributed by atoms with Gasteiger partial charge in [-0.15, -0.1) is 0 Å². The average Bonchev–Trinajstić information content (AvgIpc) is 2.90. The lowest BCUT2D eigenvalue weighted by molar-refractivity contribution is -0.385. The van der Waals surface area contributed by atoms with Crippen LogP contribution in [0.1, 0.15) is 15.9 Å². The first-order valence-electron chi connectivity index (χ1n) is 6.27. The van der Waals surface area contributed by atoms with Crippen molar-refractivity contribution in [2.45, 2.75) is 6.42 Å². The van der Waals surface area contributed by atoms with Crippen LogP contribution < -0.4 is 4.90 Å². The van der Waals surface area contributed by atoms with Gasteiger partial charge < -0.3 is 4.90 Å². The van der Waals surface area contributed by atoms with Crippen molar-refractivity contribution in [2.24, 2.45) is 0 Å². The Kier molecular flexibility index (Phi) is 3.31. The smallest absolute Gasteiger partial charge is 0.300 e. The van der Waals surface area contributed by atoms with Crippen molar-refractivity contribution in [1.82, 2.24) is 4.98 Å². The van der Waals surface area contributed by atoms with Crippen molar-refractivity contribution in [3.8, 4) is 0 Å². The summed E-state index contributed by atoms with van der Waals surface area (Å²) in [4.78, 5) is 28.2. The fourth-order valence-corrected chi connectivity index (χ4v) is 2.59. The highest BCUT2D eigenvalue weighted by Crippen LogP contribution is 2.31. The van der Waals surface area contributed by atoms with Crippen LogP contribution in [0.4, 0.5) is 11.4 Å². The molecule has 0 atom stereocenters. The van der Waals surface area contributed by atoms with E-state index in [1.807, 2.05) is 24.3 Å². The molecule has 1 aromatic carbocycles. The second-order valence-electron chi connectivity index (χ2n) is 4.62. The lowest BCUT2D eigenvalue weighted by Crippen LogP contribution is -2.29. The molecular formula is C14H10ClN3O3. The van der Waals surface area contributed by atoms with Crippen molar-refractivity contribution in [2.75, 3.05) is 11.4 Å². The van der Waals surface area contributed by atoms with Gasteiger partial charge in [-0.1, -0.05) is 29.8 Å². The van der Waals surface area contributed by atoms with Gasteiger partial charge in [-0.3, -0.25) is 14.9 Å². The molecule has 1 aliphatic rings. The molecule has 106 valence electrons. The largest absolute Gasteiger partial charge is 0.308 e. The Morgan fingerprint density at radius 3 is 2.90 bits per heavy atom. The van der Waals surface area contributed by atoms with Crippen molar-refractivity contribution in [1.29, 1.82) is 0 Å². The fourth-order valence-electron chi connectivity index (χ4n) is 2.43. The number of hydrogen-bond acceptors (Lipinski definition) is 4. The van der Waals surface area contributed by atoms with Gasteiger partial charge in [-0.05, 0) is 24.1 Å². The minimum absolute atomic E-state index is 0.0447. The van der Waals surface area contributed by atoms with E-state index in [-0.39, 0.29) is 16.4 Å². The molecule has 2 aromatic rings. The van der Waals surface area contributed by atoms with Crippen molar-refractivity contribution in [3.05, 3.63) is 62.9 Å². The number of nitrogens with zero attached hydrogens (tertiary/aromatic N) is 3. The van der Waals surface area contributed by atoms with E-state index in [0.717, 1.165) is 23.9 Å². The van der Waals surface area contributed by atoms with E-state index in [4.69, 9.17) is 11.6 Å². The average molecular weight is 304 g/mol. The molecule has 0 aliphatic carbocycles. The molecule has 0 saturated carbocycles. The predicted molar refractivity (Wildman–Crippen MR) is 77.7 cm³/mol. The van der Waals surface area contributed by atoms with Crippen LogP contribution in [0.2, 0.25) is 5.15 Å². The van der Waals surface area contributed by atoms with Crippen molar-refractivity contribution < 1.29 is 9.72 Å². The molecule has 0 radical (unpaired) electrons. The maximum absolute atomic E-state index is 12.6. The van der Waals surface area contributed by atoms with Gasteiger partial charge in [-0.2, -0.15) is 0 Å². The number of hydrogen-bond donors (Lipinski definition) is 0. The van der Waals surface area contributed by atoms with Gasteiger partial charge in [-0.25, -0.2) is 4.98 Å². The zero-order chi connectivity index (χ0) is 15.0. The van der Waals surface area contributed by atoms with Crippen LogP contribution in [0.25, 0.3) is 0 Å². The number of benzene rings is 1. The third-order valence-corrected chi connectivity index (χ3v) is 3.62. The van der Waals surface area contributed by atoms with E-state index in [0.29, 0.717) is 6.54 Å². The molecule has 0 unspecified atom stereocenters. The van der Waals surface area contributed by atoms with Crippen LogP contribution in [0, 0.1) is 10.1 Å². The Bertz CT molecular complexity index is 748. The highest BCUT2D eigenvalue weighted by Gasteiger charge is 2.30. The first-order valence-corrected chi connectivity index (χ1v) is 6.65. The predicted octanol–water partition coefficient (Wildman–Crippen LogP) is 2.85. The Morgan fingerprint density at radius 1 is 1.38 bits per heavy atom. The molecule has 0 spiro atoms.